The fourth-order valence-corrected chi connectivity index (χ4v) is 5.81. The highest BCUT2D eigenvalue weighted by Crippen LogP contribution is 2.31. The number of rotatable bonds is 6. The first-order valence-electron chi connectivity index (χ1n) is 7.66. The second kappa shape index (κ2) is 7.63. The molecule has 1 heterocycles. The van der Waals surface area contributed by atoms with Crippen molar-refractivity contribution in [2.45, 2.75) is 25.9 Å². The Bertz CT molecular complexity index is 1170. The van der Waals surface area contributed by atoms with Crippen molar-refractivity contribution in [3.05, 3.63) is 59.6 Å². The number of nitrogens with one attached hydrogen (secondary N) is 1. The largest absolute Gasteiger partial charge is 0.280 e. The highest BCUT2D eigenvalue weighted by molar-refractivity contribution is 8.01. The molecule has 3 rings (SSSR count). The summed E-state index contributed by atoms with van der Waals surface area (Å²) in [6.07, 6.45) is 1.03. The lowest BCUT2D eigenvalue weighted by Crippen LogP contribution is -2.13. The van der Waals surface area contributed by atoms with E-state index in [0.29, 0.717) is 5.69 Å². The van der Waals surface area contributed by atoms with Crippen LogP contribution in [0, 0.1) is 6.92 Å². The molecule has 0 saturated heterocycles. The van der Waals surface area contributed by atoms with E-state index in [1.54, 1.807) is 35.6 Å². The van der Waals surface area contributed by atoms with Gasteiger partial charge in [-0.25, -0.2) is 21.8 Å². The van der Waals surface area contributed by atoms with E-state index in [-0.39, 0.29) is 9.79 Å². The summed E-state index contributed by atoms with van der Waals surface area (Å²) in [5, 5.41) is 1.97. The Labute approximate surface area is 166 Å². The Morgan fingerprint density at radius 1 is 1.00 bits per heavy atom. The number of anilines is 1. The molecule has 0 unspecified atom stereocenters. The Balaban J connectivity index is 1.78. The van der Waals surface area contributed by atoms with Gasteiger partial charge in [0, 0.05) is 27.9 Å². The molecule has 6 nitrogen and oxygen atoms in total. The number of hydrogen-bond donors (Lipinski definition) is 1. The van der Waals surface area contributed by atoms with Crippen LogP contribution in [0.4, 0.5) is 5.69 Å². The Hall–Kier alpha value is -1.88. The first kappa shape index (κ1) is 19.9. The molecule has 0 aliphatic rings. The maximum atomic E-state index is 12.5. The molecule has 2 aromatic carbocycles. The van der Waals surface area contributed by atoms with Gasteiger partial charge in [0.15, 0.2) is 14.2 Å². The molecule has 142 valence electrons. The summed E-state index contributed by atoms with van der Waals surface area (Å²) in [5.41, 5.74) is 1.35. The van der Waals surface area contributed by atoms with Gasteiger partial charge in [0.2, 0.25) is 0 Å². The summed E-state index contributed by atoms with van der Waals surface area (Å²) in [7, 11) is -7.39. The minimum atomic E-state index is -3.90. The SMILES string of the molecule is Cc1csc(Sc2ccc(NS(=O)(=O)c3cccc(S(C)(=O)=O)c3)cc2)n1. The normalized spacial score (nSPS) is 12.1. The van der Waals surface area contributed by atoms with Gasteiger partial charge < -0.3 is 0 Å². The van der Waals surface area contributed by atoms with E-state index in [9.17, 15) is 16.8 Å². The molecule has 0 amide bonds. The molecule has 27 heavy (non-hydrogen) atoms. The second-order valence-electron chi connectivity index (χ2n) is 5.73. The lowest BCUT2D eigenvalue weighted by molar-refractivity contribution is 0.599. The number of benzene rings is 2. The van der Waals surface area contributed by atoms with Crippen molar-refractivity contribution in [2.24, 2.45) is 0 Å². The third-order valence-corrected chi connectivity index (χ3v) is 8.01. The van der Waals surface area contributed by atoms with Gasteiger partial charge in [0.25, 0.3) is 10.0 Å². The van der Waals surface area contributed by atoms with Crippen LogP contribution in [-0.2, 0) is 19.9 Å². The summed E-state index contributed by atoms with van der Waals surface area (Å²) in [5.74, 6) is 0. The van der Waals surface area contributed by atoms with E-state index in [2.05, 4.69) is 9.71 Å². The highest BCUT2D eigenvalue weighted by atomic mass is 32.2. The zero-order valence-corrected chi connectivity index (χ0v) is 17.7. The van der Waals surface area contributed by atoms with E-state index in [0.717, 1.165) is 27.3 Å². The van der Waals surface area contributed by atoms with Crippen molar-refractivity contribution >= 4 is 48.6 Å². The van der Waals surface area contributed by atoms with Crippen molar-refractivity contribution in [3.8, 4) is 0 Å². The van der Waals surface area contributed by atoms with Crippen molar-refractivity contribution in [1.29, 1.82) is 0 Å². The van der Waals surface area contributed by atoms with Crippen LogP contribution in [0.5, 0.6) is 0 Å². The van der Waals surface area contributed by atoms with E-state index >= 15 is 0 Å². The first-order chi connectivity index (χ1) is 12.6. The van der Waals surface area contributed by atoms with Gasteiger partial charge in [-0.05, 0) is 49.4 Å². The van der Waals surface area contributed by atoms with Crippen molar-refractivity contribution in [1.82, 2.24) is 4.98 Å². The predicted octanol–water partition coefficient (Wildman–Crippen LogP) is 3.81. The minimum Gasteiger partial charge on any atom is -0.280 e. The molecule has 0 saturated carbocycles. The molecule has 0 atom stereocenters. The smallest absolute Gasteiger partial charge is 0.261 e. The lowest BCUT2D eigenvalue weighted by atomic mass is 10.3. The molecular weight excluding hydrogens is 424 g/mol. The van der Waals surface area contributed by atoms with Crippen LogP contribution in [0.3, 0.4) is 0 Å². The summed E-state index contributed by atoms with van der Waals surface area (Å²) < 4.78 is 51.7. The molecule has 3 aromatic rings. The van der Waals surface area contributed by atoms with Crippen molar-refractivity contribution in [2.75, 3.05) is 11.0 Å². The summed E-state index contributed by atoms with van der Waals surface area (Å²) >= 11 is 3.05. The number of aromatic nitrogens is 1. The van der Waals surface area contributed by atoms with E-state index in [4.69, 9.17) is 0 Å². The molecule has 1 aromatic heterocycles. The maximum absolute atomic E-state index is 12.5. The summed E-state index contributed by atoms with van der Waals surface area (Å²) in [6.45, 7) is 1.93. The third kappa shape index (κ3) is 5.10. The number of sulfonamides is 1. The zero-order valence-electron chi connectivity index (χ0n) is 14.4. The predicted molar refractivity (Wildman–Crippen MR) is 108 cm³/mol. The first-order valence-corrected chi connectivity index (χ1v) is 12.7. The van der Waals surface area contributed by atoms with E-state index in [1.807, 2.05) is 12.3 Å². The average molecular weight is 441 g/mol. The van der Waals surface area contributed by atoms with Crippen LogP contribution < -0.4 is 4.72 Å². The Morgan fingerprint density at radius 2 is 1.67 bits per heavy atom. The monoisotopic (exact) mass is 440 g/mol. The van der Waals surface area contributed by atoms with Crippen LogP contribution >= 0.6 is 23.1 Å². The number of hydrogen-bond acceptors (Lipinski definition) is 7. The van der Waals surface area contributed by atoms with Gasteiger partial charge in [-0.3, -0.25) is 4.72 Å². The van der Waals surface area contributed by atoms with Gasteiger partial charge in [-0.2, -0.15) is 0 Å². The minimum absolute atomic E-state index is 0.0455. The van der Waals surface area contributed by atoms with Gasteiger partial charge in [0.05, 0.1) is 9.79 Å². The number of aryl methyl sites for hydroxylation is 1. The zero-order chi connectivity index (χ0) is 19.7. The average Bonchev–Trinajstić information content (AvgIpc) is 3.01. The molecule has 0 aliphatic carbocycles. The van der Waals surface area contributed by atoms with Crippen LogP contribution in [-0.4, -0.2) is 28.1 Å². The van der Waals surface area contributed by atoms with Crippen LogP contribution in [0.2, 0.25) is 0 Å². The molecule has 0 fully saturated rings. The molecule has 10 heteroatoms. The van der Waals surface area contributed by atoms with Crippen molar-refractivity contribution < 1.29 is 16.8 Å². The van der Waals surface area contributed by atoms with Gasteiger partial charge in [-0.1, -0.05) is 17.8 Å². The summed E-state index contributed by atoms with van der Waals surface area (Å²) in [6, 6.07) is 12.2. The van der Waals surface area contributed by atoms with Crippen LogP contribution in [0.25, 0.3) is 0 Å². The van der Waals surface area contributed by atoms with Crippen LogP contribution in [0.15, 0.2) is 72.9 Å². The number of nitrogens with zero attached hydrogens (tertiary/aromatic N) is 1. The fraction of sp³-hybridized carbons (Fsp3) is 0.118. The van der Waals surface area contributed by atoms with Gasteiger partial charge in [0.1, 0.15) is 0 Å². The van der Waals surface area contributed by atoms with E-state index < -0.39 is 19.9 Å². The molecule has 0 aliphatic heterocycles. The van der Waals surface area contributed by atoms with E-state index in [1.165, 1.54) is 30.0 Å². The molecule has 1 N–H and O–H groups in total. The number of thiazole rings is 1. The number of sulfone groups is 1. The lowest BCUT2D eigenvalue weighted by Gasteiger charge is -2.09. The Morgan fingerprint density at radius 3 is 2.26 bits per heavy atom. The fourth-order valence-electron chi connectivity index (χ4n) is 2.16. The molecule has 0 spiro atoms. The summed E-state index contributed by atoms with van der Waals surface area (Å²) in [4.78, 5) is 5.16. The third-order valence-electron chi connectivity index (χ3n) is 3.45. The topological polar surface area (TPSA) is 93.2 Å². The maximum Gasteiger partial charge on any atom is 0.261 e. The molecule has 0 bridgehead atoms. The second-order valence-corrected chi connectivity index (χ2v) is 11.6. The molecular formula is C17H16N2O4S4. The van der Waals surface area contributed by atoms with Crippen LogP contribution in [0.1, 0.15) is 5.69 Å². The van der Waals surface area contributed by atoms with Gasteiger partial charge in [-0.15, -0.1) is 11.3 Å². The highest BCUT2D eigenvalue weighted by Gasteiger charge is 2.17. The molecule has 0 radical (unpaired) electrons. The standard InChI is InChI=1S/C17H16N2O4S4/c1-12-11-24-17(18-12)25-14-8-6-13(7-9-14)19-27(22,23)16-5-3-4-15(10-16)26(2,20)21/h3-11,19H,1-2H3. The van der Waals surface area contributed by atoms with Gasteiger partial charge >= 0.3 is 0 Å². The quantitative estimate of drug-likeness (QED) is 0.627. The van der Waals surface area contributed by atoms with Crippen molar-refractivity contribution in [3.63, 3.8) is 0 Å². The Kier molecular flexibility index (Phi) is 5.61.